The molecule has 0 atom stereocenters. The van der Waals surface area contributed by atoms with Gasteiger partial charge in [-0.1, -0.05) is 0 Å². The fourth-order valence-electron chi connectivity index (χ4n) is 2.79. The highest BCUT2D eigenvalue weighted by Crippen LogP contribution is 2.60. The molecular formula is C14H22N2O3S. The van der Waals surface area contributed by atoms with Gasteiger partial charge in [0.1, 0.15) is 5.76 Å². The maximum absolute atomic E-state index is 11.9. The zero-order chi connectivity index (χ0) is 14.4. The standard InChI is InChI=1S/C14H22N2O3S/c1-16(2)20(17,18)13-6-5-12(19-13)9-15-10-14(7-8-14)11-3-4-11/h5-6,11,15H,3-4,7-10H2,1-2H3. The molecule has 0 radical (unpaired) electrons. The smallest absolute Gasteiger partial charge is 0.275 e. The summed E-state index contributed by atoms with van der Waals surface area (Å²) in [6.07, 6.45) is 5.44. The van der Waals surface area contributed by atoms with Gasteiger partial charge in [-0.05, 0) is 49.1 Å². The molecule has 0 saturated heterocycles. The van der Waals surface area contributed by atoms with Crippen molar-refractivity contribution in [3.8, 4) is 0 Å². The lowest BCUT2D eigenvalue weighted by Crippen LogP contribution is -2.25. The molecule has 1 aromatic rings. The lowest BCUT2D eigenvalue weighted by atomic mass is 10.0. The Balaban J connectivity index is 1.55. The average molecular weight is 298 g/mol. The van der Waals surface area contributed by atoms with E-state index in [0.717, 1.165) is 16.8 Å². The van der Waals surface area contributed by atoms with Gasteiger partial charge in [-0.2, -0.15) is 0 Å². The Kier molecular flexibility index (Phi) is 3.43. The van der Waals surface area contributed by atoms with Crippen molar-refractivity contribution < 1.29 is 12.8 Å². The SMILES string of the molecule is CN(C)S(=O)(=O)c1ccc(CNCC2(C3CC3)CC2)o1. The first kappa shape index (κ1) is 14.1. The molecule has 2 saturated carbocycles. The number of nitrogens with one attached hydrogen (secondary N) is 1. The highest BCUT2D eigenvalue weighted by Gasteiger charge is 2.53. The molecule has 0 aliphatic heterocycles. The molecule has 6 heteroatoms. The molecule has 112 valence electrons. The summed E-state index contributed by atoms with van der Waals surface area (Å²) in [7, 11) is -0.457. The summed E-state index contributed by atoms with van der Waals surface area (Å²) >= 11 is 0. The quantitative estimate of drug-likeness (QED) is 0.834. The van der Waals surface area contributed by atoms with Gasteiger partial charge in [0.15, 0.2) is 0 Å². The van der Waals surface area contributed by atoms with Crippen molar-refractivity contribution >= 4 is 10.0 Å². The normalized spacial score (nSPS) is 21.4. The topological polar surface area (TPSA) is 62.6 Å². The predicted octanol–water partition coefficient (Wildman–Crippen LogP) is 1.81. The molecule has 0 unspecified atom stereocenters. The molecule has 0 bridgehead atoms. The van der Waals surface area contributed by atoms with Crippen LogP contribution in [0.3, 0.4) is 0 Å². The second-order valence-electron chi connectivity index (χ2n) is 6.25. The summed E-state index contributed by atoms with van der Waals surface area (Å²) in [6.45, 7) is 1.62. The molecule has 2 aliphatic carbocycles. The first-order chi connectivity index (χ1) is 9.44. The van der Waals surface area contributed by atoms with Crippen molar-refractivity contribution in [3.05, 3.63) is 17.9 Å². The van der Waals surface area contributed by atoms with Crippen LogP contribution in [0.25, 0.3) is 0 Å². The molecule has 20 heavy (non-hydrogen) atoms. The Morgan fingerprint density at radius 1 is 1.35 bits per heavy atom. The predicted molar refractivity (Wildman–Crippen MR) is 75.7 cm³/mol. The van der Waals surface area contributed by atoms with Gasteiger partial charge in [0, 0.05) is 20.6 Å². The molecule has 2 fully saturated rings. The van der Waals surface area contributed by atoms with E-state index >= 15 is 0 Å². The molecule has 0 spiro atoms. The van der Waals surface area contributed by atoms with E-state index in [1.807, 2.05) is 0 Å². The van der Waals surface area contributed by atoms with Gasteiger partial charge in [-0.15, -0.1) is 0 Å². The fourth-order valence-corrected chi connectivity index (χ4v) is 3.60. The number of furan rings is 1. The van der Waals surface area contributed by atoms with Crippen LogP contribution >= 0.6 is 0 Å². The monoisotopic (exact) mass is 298 g/mol. The molecule has 3 rings (SSSR count). The first-order valence-electron chi connectivity index (χ1n) is 7.16. The third kappa shape index (κ3) is 2.64. The van der Waals surface area contributed by atoms with Crippen LogP contribution in [-0.4, -0.2) is 33.4 Å². The summed E-state index contributed by atoms with van der Waals surface area (Å²) in [4.78, 5) is 0. The van der Waals surface area contributed by atoms with Crippen molar-refractivity contribution in [3.63, 3.8) is 0 Å². The van der Waals surface area contributed by atoms with E-state index in [9.17, 15) is 8.42 Å². The van der Waals surface area contributed by atoms with Crippen molar-refractivity contribution in [1.29, 1.82) is 0 Å². The number of hydrogen-bond donors (Lipinski definition) is 1. The van der Waals surface area contributed by atoms with Gasteiger partial charge in [-0.3, -0.25) is 0 Å². The van der Waals surface area contributed by atoms with Crippen LogP contribution in [-0.2, 0) is 16.6 Å². The van der Waals surface area contributed by atoms with Gasteiger partial charge in [-0.25, -0.2) is 12.7 Å². The van der Waals surface area contributed by atoms with Gasteiger partial charge in [0.05, 0.1) is 6.54 Å². The number of nitrogens with zero attached hydrogens (tertiary/aromatic N) is 1. The molecule has 0 amide bonds. The average Bonchev–Trinajstić information content (AvgIpc) is 3.28. The Hall–Kier alpha value is -0.850. The third-order valence-corrected chi connectivity index (χ3v) is 6.17. The van der Waals surface area contributed by atoms with E-state index in [0.29, 0.717) is 17.7 Å². The van der Waals surface area contributed by atoms with Gasteiger partial charge in [0.2, 0.25) is 5.09 Å². The van der Waals surface area contributed by atoms with Crippen LogP contribution in [0.1, 0.15) is 31.4 Å². The van der Waals surface area contributed by atoms with Crippen molar-refractivity contribution in [2.24, 2.45) is 11.3 Å². The number of rotatable bonds is 7. The summed E-state index contributed by atoms with van der Waals surface area (Å²) < 4.78 is 30.4. The second kappa shape index (κ2) is 4.86. The zero-order valence-corrected chi connectivity index (χ0v) is 12.9. The molecule has 2 aliphatic rings. The Bertz CT molecular complexity index is 583. The van der Waals surface area contributed by atoms with Crippen LogP contribution in [0.15, 0.2) is 21.6 Å². The summed E-state index contributed by atoms with van der Waals surface area (Å²) in [5.74, 6) is 1.60. The first-order valence-corrected chi connectivity index (χ1v) is 8.60. The highest BCUT2D eigenvalue weighted by molar-refractivity contribution is 7.88. The van der Waals surface area contributed by atoms with Crippen LogP contribution in [0.5, 0.6) is 0 Å². The number of sulfonamides is 1. The maximum atomic E-state index is 11.9. The van der Waals surface area contributed by atoms with Gasteiger partial charge < -0.3 is 9.73 Å². The van der Waals surface area contributed by atoms with E-state index in [4.69, 9.17) is 4.42 Å². The van der Waals surface area contributed by atoms with E-state index in [1.54, 1.807) is 6.07 Å². The van der Waals surface area contributed by atoms with E-state index < -0.39 is 10.0 Å². The minimum absolute atomic E-state index is 0.0163. The van der Waals surface area contributed by atoms with E-state index in [1.165, 1.54) is 45.8 Å². The molecule has 5 nitrogen and oxygen atoms in total. The minimum Gasteiger partial charge on any atom is -0.447 e. The van der Waals surface area contributed by atoms with Crippen LogP contribution in [0.2, 0.25) is 0 Å². The van der Waals surface area contributed by atoms with Crippen molar-refractivity contribution in [1.82, 2.24) is 9.62 Å². The summed E-state index contributed by atoms with van der Waals surface area (Å²) in [6, 6.07) is 3.26. The van der Waals surface area contributed by atoms with Gasteiger partial charge in [0.25, 0.3) is 10.0 Å². The van der Waals surface area contributed by atoms with Gasteiger partial charge >= 0.3 is 0 Å². The lowest BCUT2D eigenvalue weighted by Gasteiger charge is -2.14. The Morgan fingerprint density at radius 3 is 2.60 bits per heavy atom. The third-order valence-electron chi connectivity index (χ3n) is 4.48. The lowest BCUT2D eigenvalue weighted by molar-refractivity contribution is 0.363. The summed E-state index contributed by atoms with van der Waals surface area (Å²) in [5.41, 5.74) is 0.547. The highest BCUT2D eigenvalue weighted by atomic mass is 32.2. The van der Waals surface area contributed by atoms with Crippen molar-refractivity contribution in [2.45, 2.75) is 37.3 Å². The van der Waals surface area contributed by atoms with E-state index in [2.05, 4.69) is 5.32 Å². The van der Waals surface area contributed by atoms with Crippen LogP contribution in [0.4, 0.5) is 0 Å². The second-order valence-corrected chi connectivity index (χ2v) is 8.33. The minimum atomic E-state index is -3.46. The molecule has 0 aromatic carbocycles. The molecule has 1 heterocycles. The van der Waals surface area contributed by atoms with Crippen LogP contribution in [0, 0.1) is 11.3 Å². The molecule has 1 N–H and O–H groups in total. The Labute approximate surface area is 120 Å². The number of hydrogen-bond acceptors (Lipinski definition) is 4. The van der Waals surface area contributed by atoms with Crippen molar-refractivity contribution in [2.75, 3.05) is 20.6 Å². The fraction of sp³-hybridized carbons (Fsp3) is 0.714. The maximum Gasteiger partial charge on any atom is 0.275 e. The molecular weight excluding hydrogens is 276 g/mol. The zero-order valence-electron chi connectivity index (χ0n) is 12.1. The van der Waals surface area contributed by atoms with Crippen LogP contribution < -0.4 is 5.32 Å². The largest absolute Gasteiger partial charge is 0.447 e. The Morgan fingerprint density at radius 2 is 2.05 bits per heavy atom. The summed E-state index contributed by atoms with van der Waals surface area (Å²) in [5, 5.41) is 3.43. The van der Waals surface area contributed by atoms with E-state index in [-0.39, 0.29) is 5.09 Å². The molecule has 1 aromatic heterocycles.